The van der Waals surface area contributed by atoms with Crippen LogP contribution in [0.2, 0.25) is 0 Å². The van der Waals surface area contributed by atoms with E-state index in [0.29, 0.717) is 26.0 Å². The number of piperidine rings is 1. The van der Waals surface area contributed by atoms with Gasteiger partial charge in [-0.25, -0.2) is 9.78 Å². The van der Waals surface area contributed by atoms with Crippen LogP contribution in [-0.4, -0.2) is 59.0 Å². The molecule has 2 aromatic heterocycles. The van der Waals surface area contributed by atoms with Crippen LogP contribution in [0.4, 0.5) is 4.79 Å². The first-order valence-corrected chi connectivity index (χ1v) is 12.2. The summed E-state index contributed by atoms with van der Waals surface area (Å²) < 4.78 is 10.9. The predicted molar refractivity (Wildman–Crippen MR) is 121 cm³/mol. The molecular formula is C23H32N4O4S. The van der Waals surface area contributed by atoms with E-state index in [2.05, 4.69) is 15.2 Å². The fourth-order valence-corrected chi connectivity index (χ4v) is 5.73. The molecule has 0 bridgehead atoms. The maximum atomic E-state index is 13.4. The van der Waals surface area contributed by atoms with E-state index in [9.17, 15) is 9.59 Å². The number of hydrogen-bond donors (Lipinski definition) is 1. The molecule has 2 aliphatic rings. The van der Waals surface area contributed by atoms with E-state index >= 15 is 0 Å². The second kappa shape index (κ2) is 9.72. The third kappa shape index (κ3) is 4.46. The lowest BCUT2D eigenvalue weighted by molar-refractivity contribution is -0.134. The highest BCUT2D eigenvalue weighted by Gasteiger charge is 2.54. The molecule has 0 radical (unpaired) electrons. The number of furan rings is 1. The Bertz CT molecular complexity index is 949. The van der Waals surface area contributed by atoms with Crippen LogP contribution < -0.4 is 5.32 Å². The van der Waals surface area contributed by atoms with E-state index < -0.39 is 5.54 Å². The molecule has 0 saturated carbocycles. The fraction of sp³-hybridized carbons (Fsp3) is 0.609. The van der Waals surface area contributed by atoms with Crippen LogP contribution in [-0.2, 0) is 29.1 Å². The number of carbonyl (C=O) groups excluding carboxylic acids is 2. The van der Waals surface area contributed by atoms with Gasteiger partial charge in [-0.2, -0.15) is 0 Å². The molecule has 4 rings (SSSR count). The van der Waals surface area contributed by atoms with Crippen molar-refractivity contribution in [3.05, 3.63) is 39.7 Å². The Balaban J connectivity index is 1.36. The summed E-state index contributed by atoms with van der Waals surface area (Å²) >= 11 is 1.57. The first-order valence-electron chi connectivity index (χ1n) is 11.3. The van der Waals surface area contributed by atoms with Gasteiger partial charge in [-0.05, 0) is 57.3 Å². The van der Waals surface area contributed by atoms with Crippen LogP contribution >= 0.6 is 11.3 Å². The number of likely N-dealkylation sites (tertiary alicyclic amines) is 1. The molecule has 3 amide bonds. The first-order chi connectivity index (χ1) is 15.5. The monoisotopic (exact) mass is 460 g/mol. The molecule has 2 aliphatic heterocycles. The van der Waals surface area contributed by atoms with Crippen LogP contribution in [0.15, 0.2) is 22.1 Å². The maximum absolute atomic E-state index is 13.4. The largest absolute Gasteiger partial charge is 0.462 e. The van der Waals surface area contributed by atoms with E-state index in [0.717, 1.165) is 54.6 Å². The van der Waals surface area contributed by atoms with E-state index in [1.54, 1.807) is 18.4 Å². The summed E-state index contributed by atoms with van der Waals surface area (Å²) in [6, 6.07) is 3.69. The molecule has 174 valence electrons. The number of nitrogens with one attached hydrogen (secondary N) is 1. The van der Waals surface area contributed by atoms with Gasteiger partial charge in [0.15, 0.2) is 0 Å². The van der Waals surface area contributed by atoms with Gasteiger partial charge in [-0.1, -0.05) is 6.92 Å². The summed E-state index contributed by atoms with van der Waals surface area (Å²) in [6.45, 7) is 7.32. The molecule has 32 heavy (non-hydrogen) atoms. The van der Waals surface area contributed by atoms with Crippen molar-refractivity contribution in [2.75, 3.05) is 26.7 Å². The SMILES string of the molecule is CC[C@@]1(C2CCN(Cc3ccc(COC)o3)CC2)NC(=O)N(CCc2scnc2C)C1=O. The third-order valence-corrected chi connectivity index (χ3v) is 7.83. The molecule has 2 saturated heterocycles. The Labute approximate surface area is 192 Å². The van der Waals surface area contributed by atoms with Crippen molar-refractivity contribution < 1.29 is 18.7 Å². The van der Waals surface area contributed by atoms with Gasteiger partial charge in [0.2, 0.25) is 0 Å². The smallest absolute Gasteiger partial charge is 0.325 e. The van der Waals surface area contributed by atoms with Crippen molar-refractivity contribution in [3.63, 3.8) is 0 Å². The normalized spacial score (nSPS) is 22.7. The van der Waals surface area contributed by atoms with Gasteiger partial charge in [0.25, 0.3) is 5.91 Å². The van der Waals surface area contributed by atoms with Crippen LogP contribution in [0.5, 0.6) is 0 Å². The first kappa shape index (κ1) is 22.9. The molecule has 4 heterocycles. The Morgan fingerprint density at radius 1 is 1.28 bits per heavy atom. The van der Waals surface area contributed by atoms with Crippen molar-refractivity contribution in [2.45, 2.75) is 58.2 Å². The van der Waals surface area contributed by atoms with Gasteiger partial charge in [0.1, 0.15) is 23.7 Å². The molecule has 9 heteroatoms. The minimum atomic E-state index is -0.789. The van der Waals surface area contributed by atoms with Crippen LogP contribution in [0.3, 0.4) is 0 Å². The molecule has 1 atom stereocenters. The average Bonchev–Trinajstić information content (AvgIpc) is 3.47. The molecule has 2 fully saturated rings. The van der Waals surface area contributed by atoms with E-state index in [4.69, 9.17) is 9.15 Å². The second-order valence-electron chi connectivity index (χ2n) is 8.67. The van der Waals surface area contributed by atoms with Gasteiger partial charge in [0, 0.05) is 25.0 Å². The predicted octanol–water partition coefficient (Wildman–Crippen LogP) is 3.35. The minimum Gasteiger partial charge on any atom is -0.462 e. The topological polar surface area (TPSA) is 87.9 Å². The summed E-state index contributed by atoms with van der Waals surface area (Å²) in [5, 5.41) is 3.09. The highest BCUT2D eigenvalue weighted by Crippen LogP contribution is 2.36. The zero-order valence-electron chi connectivity index (χ0n) is 19.1. The summed E-state index contributed by atoms with van der Waals surface area (Å²) in [7, 11) is 1.65. The molecule has 0 aromatic carbocycles. The number of methoxy groups -OCH3 is 1. The number of thiazole rings is 1. The van der Waals surface area contributed by atoms with Gasteiger partial charge < -0.3 is 14.5 Å². The number of ether oxygens (including phenoxy) is 1. The molecular weight excluding hydrogens is 428 g/mol. The third-order valence-electron chi connectivity index (χ3n) is 6.83. The fourth-order valence-electron chi connectivity index (χ4n) is 4.96. The lowest BCUT2D eigenvalue weighted by Gasteiger charge is -2.40. The van der Waals surface area contributed by atoms with Crippen molar-refractivity contribution in [2.24, 2.45) is 5.92 Å². The average molecular weight is 461 g/mol. The zero-order valence-corrected chi connectivity index (χ0v) is 19.9. The highest BCUT2D eigenvalue weighted by atomic mass is 32.1. The number of aryl methyl sites for hydroxylation is 1. The van der Waals surface area contributed by atoms with Crippen molar-refractivity contribution in [3.8, 4) is 0 Å². The number of aromatic nitrogens is 1. The molecule has 1 N–H and O–H groups in total. The molecule has 0 unspecified atom stereocenters. The Morgan fingerprint density at radius 3 is 2.69 bits per heavy atom. The standard InChI is InChI=1S/C23H32N4O4S/c1-4-23(21(28)27(22(29)25-23)12-9-20-16(2)24-15-32-20)17-7-10-26(11-8-17)13-18-5-6-19(31-18)14-30-3/h5-6,15,17H,4,7-14H2,1-3H3,(H,25,29)/t23-/m0/s1. The Morgan fingerprint density at radius 2 is 2.03 bits per heavy atom. The minimum absolute atomic E-state index is 0.0686. The second-order valence-corrected chi connectivity index (χ2v) is 9.61. The Hall–Kier alpha value is -2.23. The summed E-state index contributed by atoms with van der Waals surface area (Å²) in [6.07, 6.45) is 3.00. The van der Waals surface area contributed by atoms with Crippen LogP contribution in [0, 0.1) is 12.8 Å². The summed E-state index contributed by atoms with van der Waals surface area (Å²) in [5.41, 5.74) is 1.99. The molecule has 8 nitrogen and oxygen atoms in total. The molecule has 0 spiro atoms. The Kier molecular flexibility index (Phi) is 6.97. The number of rotatable bonds is 9. The number of nitrogens with zero attached hydrogens (tertiary/aromatic N) is 3. The van der Waals surface area contributed by atoms with Gasteiger partial charge in [-0.15, -0.1) is 11.3 Å². The van der Waals surface area contributed by atoms with Gasteiger partial charge >= 0.3 is 6.03 Å². The van der Waals surface area contributed by atoms with Crippen LogP contribution in [0.1, 0.15) is 48.3 Å². The van der Waals surface area contributed by atoms with Crippen molar-refractivity contribution >= 4 is 23.3 Å². The molecule has 2 aromatic rings. The number of urea groups is 1. The van der Waals surface area contributed by atoms with Gasteiger partial charge in [0.05, 0.1) is 17.7 Å². The van der Waals surface area contributed by atoms with E-state index in [-0.39, 0.29) is 17.9 Å². The lowest BCUT2D eigenvalue weighted by Crippen LogP contribution is -2.55. The molecule has 0 aliphatic carbocycles. The summed E-state index contributed by atoms with van der Waals surface area (Å²) in [5.74, 6) is 1.82. The van der Waals surface area contributed by atoms with Crippen molar-refractivity contribution in [1.82, 2.24) is 20.1 Å². The van der Waals surface area contributed by atoms with E-state index in [1.807, 2.05) is 31.5 Å². The summed E-state index contributed by atoms with van der Waals surface area (Å²) in [4.78, 5) is 35.3. The zero-order chi connectivity index (χ0) is 22.7. The number of imide groups is 1. The highest BCUT2D eigenvalue weighted by molar-refractivity contribution is 7.09. The number of amides is 3. The van der Waals surface area contributed by atoms with Crippen molar-refractivity contribution in [1.29, 1.82) is 0 Å². The number of hydrogen-bond acceptors (Lipinski definition) is 7. The quantitative estimate of drug-likeness (QED) is 0.578. The van der Waals surface area contributed by atoms with Gasteiger partial charge in [-0.3, -0.25) is 14.6 Å². The lowest BCUT2D eigenvalue weighted by atomic mass is 9.75. The van der Waals surface area contributed by atoms with E-state index in [1.165, 1.54) is 4.90 Å². The number of carbonyl (C=O) groups is 2. The maximum Gasteiger partial charge on any atom is 0.325 e. The van der Waals surface area contributed by atoms with Crippen LogP contribution in [0.25, 0.3) is 0 Å².